The standard InChI is InChI=1S/C23H31N3O5/c1-6-17(25)23(27)26-18-10-14(8-9-19(18)28-3)16(13-24)15-11-20(29-4)22(30-5)21(12-15)31-7-2/h8-13,17H,6-7,24-25H2,1-5H3,(H,26,27). The largest absolute Gasteiger partial charge is 0.495 e. The van der Waals surface area contributed by atoms with Crippen molar-refractivity contribution in [2.24, 2.45) is 11.5 Å². The van der Waals surface area contributed by atoms with Gasteiger partial charge in [0.05, 0.1) is 39.7 Å². The highest BCUT2D eigenvalue weighted by Gasteiger charge is 2.19. The van der Waals surface area contributed by atoms with Crippen LogP contribution in [0.2, 0.25) is 0 Å². The Labute approximate surface area is 183 Å². The molecule has 0 heterocycles. The van der Waals surface area contributed by atoms with Gasteiger partial charge in [-0.05, 0) is 48.7 Å². The van der Waals surface area contributed by atoms with Gasteiger partial charge in [-0.1, -0.05) is 13.0 Å². The van der Waals surface area contributed by atoms with Gasteiger partial charge in [0.1, 0.15) is 5.75 Å². The fourth-order valence-corrected chi connectivity index (χ4v) is 3.09. The van der Waals surface area contributed by atoms with Crippen LogP contribution in [-0.4, -0.2) is 39.9 Å². The number of hydrogen-bond acceptors (Lipinski definition) is 7. The highest BCUT2D eigenvalue weighted by molar-refractivity contribution is 5.97. The number of amides is 1. The van der Waals surface area contributed by atoms with Gasteiger partial charge in [0.25, 0.3) is 0 Å². The van der Waals surface area contributed by atoms with Crippen molar-refractivity contribution < 1.29 is 23.7 Å². The number of nitrogens with two attached hydrogens (primary N) is 2. The maximum absolute atomic E-state index is 12.3. The molecule has 1 atom stereocenters. The number of methoxy groups -OCH3 is 3. The number of hydrogen-bond donors (Lipinski definition) is 3. The molecule has 8 nitrogen and oxygen atoms in total. The smallest absolute Gasteiger partial charge is 0.241 e. The van der Waals surface area contributed by atoms with Crippen molar-refractivity contribution in [3.8, 4) is 23.0 Å². The summed E-state index contributed by atoms with van der Waals surface area (Å²) in [5.41, 5.74) is 14.6. The molecule has 0 radical (unpaired) electrons. The summed E-state index contributed by atoms with van der Waals surface area (Å²) >= 11 is 0. The number of anilines is 1. The second-order valence-electron chi connectivity index (χ2n) is 6.64. The van der Waals surface area contributed by atoms with Crippen molar-refractivity contribution in [3.63, 3.8) is 0 Å². The molecule has 2 aromatic rings. The van der Waals surface area contributed by atoms with E-state index in [1.54, 1.807) is 26.4 Å². The SMILES string of the molecule is CCOc1cc(C(=CN)c2ccc(OC)c(NC(=O)C(N)CC)c2)cc(OC)c1OC. The highest BCUT2D eigenvalue weighted by atomic mass is 16.5. The lowest BCUT2D eigenvalue weighted by atomic mass is 9.97. The summed E-state index contributed by atoms with van der Waals surface area (Å²) < 4.78 is 22.0. The number of rotatable bonds is 10. The number of ether oxygens (including phenoxy) is 4. The second kappa shape index (κ2) is 11.1. The highest BCUT2D eigenvalue weighted by Crippen LogP contribution is 2.41. The molecule has 0 spiro atoms. The maximum Gasteiger partial charge on any atom is 0.241 e. The minimum atomic E-state index is -0.613. The zero-order valence-corrected chi connectivity index (χ0v) is 18.7. The summed E-state index contributed by atoms with van der Waals surface area (Å²) in [7, 11) is 4.65. The van der Waals surface area contributed by atoms with Crippen LogP contribution in [0.4, 0.5) is 5.69 Å². The summed E-state index contributed by atoms with van der Waals surface area (Å²) in [5, 5.41) is 2.83. The van der Waals surface area contributed by atoms with E-state index in [0.717, 1.165) is 11.1 Å². The number of nitrogens with one attached hydrogen (secondary N) is 1. The predicted molar refractivity (Wildman–Crippen MR) is 122 cm³/mol. The van der Waals surface area contributed by atoms with Crippen LogP contribution in [0.15, 0.2) is 36.5 Å². The molecule has 5 N–H and O–H groups in total. The summed E-state index contributed by atoms with van der Waals surface area (Å²) in [5.74, 6) is 1.77. The Morgan fingerprint density at radius 2 is 1.68 bits per heavy atom. The van der Waals surface area contributed by atoms with Crippen molar-refractivity contribution in [2.75, 3.05) is 33.3 Å². The van der Waals surface area contributed by atoms with Crippen LogP contribution in [0.1, 0.15) is 31.4 Å². The van der Waals surface area contributed by atoms with Crippen LogP contribution in [-0.2, 0) is 4.79 Å². The summed E-state index contributed by atoms with van der Waals surface area (Å²) in [4.78, 5) is 12.3. The molecule has 0 aliphatic rings. The maximum atomic E-state index is 12.3. The van der Waals surface area contributed by atoms with Crippen LogP contribution in [0.3, 0.4) is 0 Å². The molecular weight excluding hydrogens is 398 g/mol. The lowest BCUT2D eigenvalue weighted by Gasteiger charge is -2.18. The van der Waals surface area contributed by atoms with Gasteiger partial charge in [-0.3, -0.25) is 4.79 Å². The van der Waals surface area contributed by atoms with Gasteiger partial charge in [0.15, 0.2) is 11.5 Å². The quantitative estimate of drug-likeness (QED) is 0.531. The lowest BCUT2D eigenvalue weighted by Crippen LogP contribution is -2.34. The van der Waals surface area contributed by atoms with Crippen molar-refractivity contribution in [1.29, 1.82) is 0 Å². The molecule has 0 bridgehead atoms. The molecule has 0 aromatic heterocycles. The molecule has 1 amide bonds. The number of carbonyl (C=O) groups is 1. The molecule has 0 saturated carbocycles. The van der Waals surface area contributed by atoms with E-state index in [1.165, 1.54) is 13.3 Å². The van der Waals surface area contributed by atoms with Crippen molar-refractivity contribution >= 4 is 17.2 Å². The first-order valence-electron chi connectivity index (χ1n) is 9.99. The van der Waals surface area contributed by atoms with E-state index in [-0.39, 0.29) is 5.91 Å². The van der Waals surface area contributed by atoms with E-state index in [4.69, 9.17) is 30.4 Å². The van der Waals surface area contributed by atoms with Gasteiger partial charge in [-0.25, -0.2) is 0 Å². The first kappa shape index (κ1) is 23.9. The lowest BCUT2D eigenvalue weighted by molar-refractivity contribution is -0.117. The monoisotopic (exact) mass is 429 g/mol. The van der Waals surface area contributed by atoms with Crippen LogP contribution in [0.25, 0.3) is 5.57 Å². The summed E-state index contributed by atoms with van der Waals surface area (Å²) in [6.07, 6.45) is 2.01. The molecule has 168 valence electrons. The Morgan fingerprint density at radius 1 is 1.00 bits per heavy atom. The third-order valence-corrected chi connectivity index (χ3v) is 4.77. The van der Waals surface area contributed by atoms with Gasteiger partial charge in [0, 0.05) is 11.8 Å². The molecule has 0 saturated heterocycles. The van der Waals surface area contributed by atoms with E-state index >= 15 is 0 Å². The Hall–Kier alpha value is -3.39. The summed E-state index contributed by atoms with van der Waals surface area (Å²) in [6, 6.07) is 8.43. The Bertz CT molecular complexity index is 943. The molecule has 2 aromatic carbocycles. The van der Waals surface area contributed by atoms with E-state index in [2.05, 4.69) is 5.32 Å². The first-order chi connectivity index (χ1) is 14.9. The fourth-order valence-electron chi connectivity index (χ4n) is 3.09. The van der Waals surface area contributed by atoms with E-state index in [9.17, 15) is 4.79 Å². The predicted octanol–water partition coefficient (Wildman–Crippen LogP) is 3.13. The Kier molecular flexibility index (Phi) is 8.57. The Morgan fingerprint density at radius 3 is 2.23 bits per heavy atom. The third-order valence-electron chi connectivity index (χ3n) is 4.77. The molecule has 8 heteroatoms. The molecular formula is C23H31N3O5. The Balaban J connectivity index is 2.55. The van der Waals surface area contributed by atoms with Crippen LogP contribution >= 0.6 is 0 Å². The van der Waals surface area contributed by atoms with Gasteiger partial charge in [-0.15, -0.1) is 0 Å². The van der Waals surface area contributed by atoms with Gasteiger partial charge >= 0.3 is 0 Å². The molecule has 31 heavy (non-hydrogen) atoms. The molecule has 0 aliphatic carbocycles. The van der Waals surface area contributed by atoms with Crippen LogP contribution < -0.4 is 35.7 Å². The van der Waals surface area contributed by atoms with E-state index in [0.29, 0.717) is 47.3 Å². The van der Waals surface area contributed by atoms with Crippen LogP contribution in [0, 0.1) is 0 Å². The van der Waals surface area contributed by atoms with Crippen molar-refractivity contribution in [1.82, 2.24) is 0 Å². The molecule has 0 aliphatic heterocycles. The minimum absolute atomic E-state index is 0.291. The number of benzene rings is 2. The average molecular weight is 430 g/mol. The van der Waals surface area contributed by atoms with E-state index < -0.39 is 6.04 Å². The first-order valence-corrected chi connectivity index (χ1v) is 9.99. The minimum Gasteiger partial charge on any atom is -0.495 e. The number of carbonyl (C=O) groups excluding carboxylic acids is 1. The van der Waals surface area contributed by atoms with E-state index in [1.807, 2.05) is 32.0 Å². The normalized spacial score (nSPS) is 12.1. The topological polar surface area (TPSA) is 118 Å². The average Bonchev–Trinajstić information content (AvgIpc) is 2.79. The zero-order chi connectivity index (χ0) is 23.0. The summed E-state index contributed by atoms with van der Waals surface area (Å²) in [6.45, 7) is 4.19. The zero-order valence-electron chi connectivity index (χ0n) is 18.7. The van der Waals surface area contributed by atoms with Crippen molar-refractivity contribution in [3.05, 3.63) is 47.7 Å². The van der Waals surface area contributed by atoms with Gasteiger partial charge in [-0.2, -0.15) is 0 Å². The van der Waals surface area contributed by atoms with Gasteiger partial charge < -0.3 is 35.7 Å². The third kappa shape index (κ3) is 5.40. The molecule has 2 rings (SSSR count). The van der Waals surface area contributed by atoms with Gasteiger partial charge in [0.2, 0.25) is 11.7 Å². The second-order valence-corrected chi connectivity index (χ2v) is 6.64. The van der Waals surface area contributed by atoms with Crippen molar-refractivity contribution in [2.45, 2.75) is 26.3 Å². The van der Waals surface area contributed by atoms with Crippen LogP contribution in [0.5, 0.6) is 23.0 Å². The molecule has 0 fully saturated rings. The fraction of sp³-hybridized carbons (Fsp3) is 0.348. The molecule has 1 unspecified atom stereocenters.